The van der Waals surface area contributed by atoms with Crippen LogP contribution in [0.5, 0.6) is 0 Å². The van der Waals surface area contributed by atoms with Gasteiger partial charge >= 0.3 is 6.18 Å². The van der Waals surface area contributed by atoms with Crippen LogP contribution in [-0.2, 0) is 10.0 Å². The highest BCUT2D eigenvalue weighted by molar-refractivity contribution is 7.92. The van der Waals surface area contributed by atoms with Crippen molar-refractivity contribution in [1.82, 2.24) is 4.90 Å². The monoisotopic (exact) mass is 350 g/mol. The molecule has 0 heterocycles. The zero-order valence-corrected chi connectivity index (χ0v) is 13.6. The Hall–Kier alpha value is -2.03. The first-order valence-electron chi connectivity index (χ1n) is 6.45. The lowest BCUT2D eigenvalue weighted by Gasteiger charge is -2.20. The number of carbonyl (C=O) groups excluding carboxylic acids is 1. The average Bonchev–Trinajstić information content (AvgIpc) is 2.41. The zero-order chi connectivity index (χ0) is 17.8. The summed E-state index contributed by atoms with van der Waals surface area (Å²) in [6.45, 7) is 0. The maximum absolute atomic E-state index is 12.3. The topological polar surface area (TPSA) is 57.7 Å². The van der Waals surface area contributed by atoms with E-state index in [-0.39, 0.29) is 17.0 Å². The lowest BCUT2D eigenvalue weighted by molar-refractivity contribution is -0.106. The summed E-state index contributed by atoms with van der Waals surface area (Å²) in [4.78, 5) is 13.6. The van der Waals surface area contributed by atoms with Crippen LogP contribution in [0.2, 0.25) is 0 Å². The summed E-state index contributed by atoms with van der Waals surface area (Å²) in [6.07, 6.45) is -2.04. The Kier molecular flexibility index (Phi) is 5.81. The largest absolute Gasteiger partial charge is 0.404 e. The molecule has 0 aromatic heterocycles. The van der Waals surface area contributed by atoms with Crippen molar-refractivity contribution in [2.45, 2.75) is 6.18 Å². The third-order valence-electron chi connectivity index (χ3n) is 2.78. The summed E-state index contributed by atoms with van der Waals surface area (Å²) in [5.74, 6) is -2.35. The van der Waals surface area contributed by atoms with Gasteiger partial charge in [-0.15, -0.1) is 0 Å². The van der Waals surface area contributed by atoms with E-state index in [1.165, 1.54) is 36.5 Å². The van der Waals surface area contributed by atoms with E-state index in [9.17, 15) is 26.4 Å². The summed E-state index contributed by atoms with van der Waals surface area (Å²) >= 11 is 0. The number of hydrogen-bond donors (Lipinski definition) is 0. The molecular weight excluding hydrogens is 333 g/mol. The van der Waals surface area contributed by atoms with Gasteiger partial charge in [-0.25, -0.2) is 8.42 Å². The number of sulfonamides is 1. The molecule has 0 aliphatic heterocycles. The number of hydrogen-bond acceptors (Lipinski definition) is 4. The van der Waals surface area contributed by atoms with E-state index in [1.54, 1.807) is 19.0 Å². The van der Waals surface area contributed by atoms with Crippen LogP contribution in [0.15, 0.2) is 36.5 Å². The fraction of sp³-hybridized carbons (Fsp3) is 0.357. The molecular formula is C14H17F3N2O3S. The first kappa shape index (κ1) is 19.0. The van der Waals surface area contributed by atoms with Crippen LogP contribution in [0.4, 0.5) is 18.9 Å². The Morgan fingerprint density at radius 1 is 1.22 bits per heavy atom. The van der Waals surface area contributed by atoms with E-state index in [0.717, 1.165) is 7.05 Å². The van der Waals surface area contributed by atoms with Gasteiger partial charge in [-0.3, -0.25) is 9.10 Å². The molecule has 0 unspecified atom stereocenters. The molecule has 9 heteroatoms. The smallest absolute Gasteiger partial charge is 0.383 e. The summed E-state index contributed by atoms with van der Waals surface area (Å²) < 4.78 is 61.0. The Balaban J connectivity index is 3.07. The van der Waals surface area contributed by atoms with Crippen molar-refractivity contribution in [3.05, 3.63) is 42.1 Å². The van der Waals surface area contributed by atoms with Crippen LogP contribution < -0.4 is 4.31 Å². The minimum absolute atomic E-state index is 0.0154. The fourth-order valence-corrected chi connectivity index (χ4v) is 2.67. The van der Waals surface area contributed by atoms with Gasteiger partial charge in [0.25, 0.3) is 0 Å². The summed E-state index contributed by atoms with van der Waals surface area (Å²) in [5, 5.41) is 0. The third-order valence-corrected chi connectivity index (χ3v) is 4.52. The number of alkyl halides is 3. The van der Waals surface area contributed by atoms with Crippen LogP contribution >= 0.6 is 0 Å². The minimum atomic E-state index is -4.84. The lowest BCUT2D eigenvalue weighted by atomic mass is 10.1. The molecule has 0 atom stereocenters. The summed E-state index contributed by atoms with van der Waals surface area (Å²) in [6, 6.07) is 5.42. The standard InChI is InChI=1S/C14H17F3N2O3S/c1-18(2)8-7-13(20)11-5-4-6-12(9-11)19(3)23(21,22)10-14(15,16)17/h4-9H,10H2,1-3H3/b8-7+. The van der Waals surface area contributed by atoms with Crippen molar-refractivity contribution in [2.24, 2.45) is 0 Å². The second kappa shape index (κ2) is 7.03. The van der Waals surface area contributed by atoms with Crippen molar-refractivity contribution < 1.29 is 26.4 Å². The molecule has 5 nitrogen and oxygen atoms in total. The molecule has 1 aromatic rings. The quantitative estimate of drug-likeness (QED) is 0.583. The first-order chi connectivity index (χ1) is 10.4. The Morgan fingerprint density at radius 2 is 1.83 bits per heavy atom. The first-order valence-corrected chi connectivity index (χ1v) is 8.06. The van der Waals surface area contributed by atoms with Gasteiger partial charge in [0.2, 0.25) is 10.0 Å². The molecule has 0 radical (unpaired) electrons. The third kappa shape index (κ3) is 5.93. The number of benzene rings is 1. The molecule has 0 spiro atoms. The predicted octanol–water partition coefficient (Wildman–Crippen LogP) is 2.27. The molecule has 0 N–H and O–H groups in total. The molecule has 1 aromatic carbocycles. The number of allylic oxidation sites excluding steroid dienone is 1. The van der Waals surface area contributed by atoms with Crippen LogP contribution in [-0.4, -0.2) is 52.2 Å². The Bertz CT molecular complexity index is 697. The number of rotatable bonds is 6. The van der Waals surface area contributed by atoms with Crippen molar-refractivity contribution in [3.63, 3.8) is 0 Å². The van der Waals surface area contributed by atoms with E-state index < -0.39 is 22.0 Å². The van der Waals surface area contributed by atoms with Crippen LogP contribution in [0.1, 0.15) is 10.4 Å². The molecule has 23 heavy (non-hydrogen) atoms. The normalized spacial score (nSPS) is 12.4. The summed E-state index contributed by atoms with van der Waals surface area (Å²) in [7, 11) is -0.114. The molecule has 1 rings (SSSR count). The van der Waals surface area contributed by atoms with Gasteiger partial charge in [0.15, 0.2) is 11.5 Å². The number of halogens is 3. The predicted molar refractivity (Wildman–Crippen MR) is 81.8 cm³/mol. The van der Waals surface area contributed by atoms with E-state index in [1.807, 2.05) is 0 Å². The second-order valence-electron chi connectivity index (χ2n) is 5.03. The molecule has 0 amide bonds. The van der Waals surface area contributed by atoms with Gasteiger partial charge in [-0.05, 0) is 12.1 Å². The molecule has 128 valence electrons. The van der Waals surface area contributed by atoms with E-state index in [4.69, 9.17) is 0 Å². The molecule has 0 aliphatic rings. The van der Waals surface area contributed by atoms with Crippen molar-refractivity contribution in [1.29, 1.82) is 0 Å². The number of nitrogens with zero attached hydrogens (tertiary/aromatic N) is 2. The summed E-state index contributed by atoms with van der Waals surface area (Å²) in [5.41, 5.74) is 0.160. The molecule has 0 saturated carbocycles. The zero-order valence-electron chi connectivity index (χ0n) is 12.8. The van der Waals surface area contributed by atoms with E-state index in [2.05, 4.69) is 0 Å². The van der Waals surface area contributed by atoms with Crippen LogP contribution in [0, 0.1) is 0 Å². The van der Waals surface area contributed by atoms with Crippen molar-refractivity contribution in [2.75, 3.05) is 31.2 Å². The van der Waals surface area contributed by atoms with Gasteiger partial charge in [-0.1, -0.05) is 12.1 Å². The van der Waals surface area contributed by atoms with Gasteiger partial charge in [0, 0.05) is 39.0 Å². The highest BCUT2D eigenvalue weighted by Crippen LogP contribution is 2.24. The fourth-order valence-electron chi connectivity index (χ4n) is 1.63. The van der Waals surface area contributed by atoms with Crippen molar-refractivity contribution >= 4 is 21.5 Å². The minimum Gasteiger partial charge on any atom is -0.383 e. The Morgan fingerprint density at radius 3 is 2.35 bits per heavy atom. The Labute approximate surface area is 133 Å². The van der Waals surface area contributed by atoms with Crippen LogP contribution in [0.3, 0.4) is 0 Å². The van der Waals surface area contributed by atoms with E-state index in [0.29, 0.717) is 4.31 Å². The SMILES string of the molecule is CN(C)/C=C/C(=O)c1cccc(N(C)S(=O)(=O)CC(F)(F)F)c1. The molecule has 0 saturated heterocycles. The van der Waals surface area contributed by atoms with Gasteiger partial charge < -0.3 is 4.90 Å². The van der Waals surface area contributed by atoms with Gasteiger partial charge in [-0.2, -0.15) is 13.2 Å². The number of ketones is 1. The lowest BCUT2D eigenvalue weighted by Crippen LogP contribution is -2.35. The number of carbonyl (C=O) groups is 1. The maximum Gasteiger partial charge on any atom is 0.404 e. The second-order valence-corrected chi connectivity index (χ2v) is 7.03. The number of anilines is 1. The molecule has 0 aliphatic carbocycles. The van der Waals surface area contributed by atoms with Crippen LogP contribution in [0.25, 0.3) is 0 Å². The molecule has 0 fully saturated rings. The van der Waals surface area contributed by atoms with Gasteiger partial charge in [0.1, 0.15) is 0 Å². The van der Waals surface area contributed by atoms with Crippen molar-refractivity contribution in [3.8, 4) is 0 Å². The molecule has 0 bridgehead atoms. The average molecular weight is 350 g/mol. The van der Waals surface area contributed by atoms with Gasteiger partial charge in [0.05, 0.1) is 5.69 Å². The highest BCUT2D eigenvalue weighted by Gasteiger charge is 2.37. The maximum atomic E-state index is 12.3. The highest BCUT2D eigenvalue weighted by atomic mass is 32.2. The van der Waals surface area contributed by atoms with E-state index >= 15 is 0 Å².